The van der Waals surface area contributed by atoms with Crippen LogP contribution < -0.4 is 10.6 Å². The Morgan fingerprint density at radius 1 is 0.458 bits per heavy atom. The molecular weight excluding hydrogens is 581 g/mol. The molecule has 2 unspecified atom stereocenters. The second-order valence-electron chi connectivity index (χ2n) is 14.6. The Morgan fingerprint density at radius 3 is 1.92 bits per heavy atom. The number of benzene rings is 6. The third-order valence-electron chi connectivity index (χ3n) is 12.3. The summed E-state index contributed by atoms with van der Waals surface area (Å²) in [6, 6.07) is 52.2. The number of para-hydroxylation sites is 1. The predicted molar refractivity (Wildman–Crippen MR) is 200 cm³/mol. The maximum Gasteiger partial charge on any atom is 0.0467 e. The molecule has 2 spiro atoms. The highest BCUT2D eigenvalue weighted by Crippen LogP contribution is 2.62. The fourth-order valence-electron chi connectivity index (χ4n) is 10.2. The van der Waals surface area contributed by atoms with Crippen LogP contribution in [-0.4, -0.2) is 0 Å². The molecule has 0 aliphatic heterocycles. The topological polar surface area (TPSA) is 24.1 Å². The van der Waals surface area contributed by atoms with E-state index in [0.29, 0.717) is 5.92 Å². The first-order valence-corrected chi connectivity index (χ1v) is 17.9. The SMILES string of the molecule is c1ccc(Nc2cccc3c2-c2ccccc2C32CCC(c3ccc(Nc4ccc5c(c4)-c4ccccc4C54CCCC4)cc3)C2)cc1. The van der Waals surface area contributed by atoms with Gasteiger partial charge in [0.15, 0.2) is 0 Å². The molecule has 10 rings (SSSR count). The lowest BCUT2D eigenvalue weighted by molar-refractivity contribution is 0.539. The lowest BCUT2D eigenvalue weighted by atomic mass is 9.75. The van der Waals surface area contributed by atoms with Gasteiger partial charge in [-0.1, -0.05) is 110 Å². The van der Waals surface area contributed by atoms with Crippen molar-refractivity contribution in [3.8, 4) is 22.3 Å². The van der Waals surface area contributed by atoms with Gasteiger partial charge < -0.3 is 10.6 Å². The molecule has 2 heteroatoms. The van der Waals surface area contributed by atoms with E-state index in [1.165, 1.54) is 94.4 Å². The molecule has 6 aromatic rings. The minimum atomic E-state index is 0.0548. The summed E-state index contributed by atoms with van der Waals surface area (Å²) in [4.78, 5) is 0. The van der Waals surface area contributed by atoms with Crippen LogP contribution in [0.15, 0.2) is 140 Å². The molecule has 2 fully saturated rings. The highest BCUT2D eigenvalue weighted by molar-refractivity contribution is 5.91. The van der Waals surface area contributed by atoms with E-state index in [0.717, 1.165) is 17.8 Å². The molecule has 0 radical (unpaired) electrons. The number of nitrogens with one attached hydrogen (secondary N) is 2. The Balaban J connectivity index is 0.922. The van der Waals surface area contributed by atoms with Crippen LogP contribution in [0.4, 0.5) is 22.7 Å². The third-order valence-corrected chi connectivity index (χ3v) is 12.3. The van der Waals surface area contributed by atoms with E-state index >= 15 is 0 Å². The number of anilines is 4. The summed E-state index contributed by atoms with van der Waals surface area (Å²) >= 11 is 0. The molecule has 4 aliphatic carbocycles. The molecule has 0 aromatic heterocycles. The highest BCUT2D eigenvalue weighted by atomic mass is 14.9. The molecule has 4 aliphatic rings. The second kappa shape index (κ2) is 10.7. The summed E-state index contributed by atoms with van der Waals surface area (Å²) in [5, 5.41) is 7.50. The quantitative estimate of drug-likeness (QED) is 0.200. The fourth-order valence-corrected chi connectivity index (χ4v) is 10.2. The lowest BCUT2D eigenvalue weighted by Gasteiger charge is -2.27. The van der Waals surface area contributed by atoms with Gasteiger partial charge >= 0.3 is 0 Å². The molecule has 0 heterocycles. The van der Waals surface area contributed by atoms with Crippen molar-refractivity contribution in [2.75, 3.05) is 10.6 Å². The van der Waals surface area contributed by atoms with Gasteiger partial charge in [-0.3, -0.25) is 0 Å². The van der Waals surface area contributed by atoms with Crippen LogP contribution in [0.25, 0.3) is 22.3 Å². The molecule has 2 nitrogen and oxygen atoms in total. The Kier molecular flexibility index (Phi) is 6.25. The van der Waals surface area contributed by atoms with Crippen molar-refractivity contribution in [2.45, 2.75) is 61.7 Å². The van der Waals surface area contributed by atoms with Crippen molar-refractivity contribution in [2.24, 2.45) is 0 Å². The Labute approximate surface area is 283 Å². The van der Waals surface area contributed by atoms with E-state index in [1.54, 1.807) is 5.56 Å². The first-order chi connectivity index (χ1) is 23.7. The Bertz CT molecular complexity index is 2170. The van der Waals surface area contributed by atoms with Gasteiger partial charge in [0, 0.05) is 39.1 Å². The minimum Gasteiger partial charge on any atom is -0.356 e. The van der Waals surface area contributed by atoms with Gasteiger partial charge in [-0.15, -0.1) is 0 Å². The fraction of sp³-hybridized carbons (Fsp3) is 0.217. The van der Waals surface area contributed by atoms with Crippen molar-refractivity contribution in [3.63, 3.8) is 0 Å². The van der Waals surface area contributed by atoms with E-state index in [-0.39, 0.29) is 10.8 Å². The minimum absolute atomic E-state index is 0.0548. The molecule has 2 saturated carbocycles. The average molecular weight is 621 g/mol. The summed E-state index contributed by atoms with van der Waals surface area (Å²) in [6.07, 6.45) is 8.72. The summed E-state index contributed by atoms with van der Waals surface area (Å²) in [6.45, 7) is 0. The molecule has 0 amide bonds. The van der Waals surface area contributed by atoms with Gasteiger partial charge in [0.1, 0.15) is 0 Å². The zero-order chi connectivity index (χ0) is 31.7. The summed E-state index contributed by atoms with van der Waals surface area (Å²) in [5.74, 6) is 0.530. The average Bonchev–Trinajstić information content (AvgIpc) is 3.92. The monoisotopic (exact) mass is 620 g/mol. The zero-order valence-corrected chi connectivity index (χ0v) is 27.3. The van der Waals surface area contributed by atoms with Crippen molar-refractivity contribution in [3.05, 3.63) is 167 Å². The number of rotatable bonds is 5. The van der Waals surface area contributed by atoms with Gasteiger partial charge in [0.2, 0.25) is 0 Å². The molecular formula is C46H40N2. The largest absolute Gasteiger partial charge is 0.356 e. The molecule has 48 heavy (non-hydrogen) atoms. The van der Waals surface area contributed by atoms with Crippen LogP contribution in [0.1, 0.15) is 78.7 Å². The van der Waals surface area contributed by atoms with Crippen LogP contribution in [-0.2, 0) is 10.8 Å². The standard InChI is InChI=1S/C46H40N2/c1-2-11-33(12-3-1)48-43-18-10-17-42-44(43)37-14-5-7-16-40(37)46(42)28-25-32(30-46)31-19-21-34(22-20-31)47-35-23-24-41-38(29-35)36-13-4-6-15-39(36)45(41)26-8-9-27-45/h1-7,10-24,29,32,47-48H,8-9,25-28,30H2. The van der Waals surface area contributed by atoms with Gasteiger partial charge in [-0.25, -0.2) is 0 Å². The van der Waals surface area contributed by atoms with Crippen LogP contribution >= 0.6 is 0 Å². The van der Waals surface area contributed by atoms with E-state index in [1.807, 2.05) is 0 Å². The van der Waals surface area contributed by atoms with Gasteiger partial charge in [0.05, 0.1) is 0 Å². The first kappa shape index (κ1) is 28.0. The van der Waals surface area contributed by atoms with Crippen molar-refractivity contribution in [1.82, 2.24) is 0 Å². The summed E-state index contributed by atoms with van der Waals surface area (Å²) in [7, 11) is 0. The molecule has 0 saturated heterocycles. The number of fused-ring (bicyclic) bond motifs is 10. The first-order valence-electron chi connectivity index (χ1n) is 17.9. The van der Waals surface area contributed by atoms with Crippen molar-refractivity contribution in [1.29, 1.82) is 0 Å². The highest BCUT2D eigenvalue weighted by Gasteiger charge is 2.49. The molecule has 2 N–H and O–H groups in total. The van der Waals surface area contributed by atoms with Crippen LogP contribution in [0.2, 0.25) is 0 Å². The van der Waals surface area contributed by atoms with Crippen LogP contribution in [0.3, 0.4) is 0 Å². The number of hydrogen-bond donors (Lipinski definition) is 2. The van der Waals surface area contributed by atoms with Crippen LogP contribution in [0, 0.1) is 0 Å². The Morgan fingerprint density at radius 2 is 1.10 bits per heavy atom. The summed E-state index contributed by atoms with van der Waals surface area (Å²) in [5.41, 5.74) is 18.1. The van der Waals surface area contributed by atoms with E-state index in [9.17, 15) is 0 Å². The Hall–Kier alpha value is -5.08. The molecule has 6 aromatic carbocycles. The number of hydrogen-bond acceptors (Lipinski definition) is 2. The maximum absolute atomic E-state index is 3.76. The van der Waals surface area contributed by atoms with E-state index < -0.39 is 0 Å². The van der Waals surface area contributed by atoms with Crippen molar-refractivity contribution < 1.29 is 0 Å². The van der Waals surface area contributed by atoms with Crippen LogP contribution in [0.5, 0.6) is 0 Å². The second-order valence-corrected chi connectivity index (χ2v) is 14.6. The molecule has 234 valence electrons. The van der Waals surface area contributed by atoms with Gasteiger partial charge in [0.25, 0.3) is 0 Å². The predicted octanol–water partition coefficient (Wildman–Crippen LogP) is 12.2. The van der Waals surface area contributed by atoms with Gasteiger partial charge in [-0.2, -0.15) is 0 Å². The van der Waals surface area contributed by atoms with Crippen molar-refractivity contribution >= 4 is 22.7 Å². The van der Waals surface area contributed by atoms with E-state index in [2.05, 4.69) is 150 Å². The van der Waals surface area contributed by atoms with Gasteiger partial charge in [-0.05, 0) is 125 Å². The van der Waals surface area contributed by atoms with E-state index in [4.69, 9.17) is 0 Å². The maximum atomic E-state index is 3.76. The normalized spacial score (nSPS) is 20.8. The smallest absolute Gasteiger partial charge is 0.0467 e. The lowest BCUT2D eigenvalue weighted by Crippen LogP contribution is -2.21. The molecule has 2 atom stereocenters. The summed E-state index contributed by atoms with van der Waals surface area (Å²) < 4.78 is 0. The molecule has 0 bridgehead atoms. The zero-order valence-electron chi connectivity index (χ0n) is 27.3. The third kappa shape index (κ3) is 4.11.